The van der Waals surface area contributed by atoms with E-state index < -0.39 is 5.82 Å². The highest BCUT2D eigenvalue weighted by Crippen LogP contribution is 2.17. The smallest absolute Gasteiger partial charge is 0.253 e. The highest BCUT2D eigenvalue weighted by molar-refractivity contribution is 6.00. The number of fused-ring (bicyclic) bond motifs is 1. The van der Waals surface area contributed by atoms with Gasteiger partial charge in [0.25, 0.3) is 5.91 Å². The average molecular weight is 180 g/mol. The molecule has 0 spiro atoms. The Morgan fingerprint density at radius 3 is 2.85 bits per heavy atom. The molecule has 1 heterocycles. The van der Waals surface area contributed by atoms with E-state index in [0.29, 0.717) is 24.3 Å². The summed E-state index contributed by atoms with van der Waals surface area (Å²) in [6, 6.07) is 4.16. The highest BCUT2D eigenvalue weighted by Gasteiger charge is 2.14. The summed E-state index contributed by atoms with van der Waals surface area (Å²) in [5, 5.41) is 5.69. The van der Waals surface area contributed by atoms with Gasteiger partial charge in [-0.2, -0.15) is 0 Å². The minimum absolute atomic E-state index is 0.223. The van der Waals surface area contributed by atoms with Gasteiger partial charge in [-0.05, 0) is 18.2 Å². The predicted molar refractivity (Wildman–Crippen MR) is 47.2 cm³/mol. The molecule has 13 heavy (non-hydrogen) atoms. The second-order valence-corrected chi connectivity index (χ2v) is 2.87. The van der Waals surface area contributed by atoms with Crippen molar-refractivity contribution in [2.24, 2.45) is 0 Å². The van der Waals surface area contributed by atoms with Crippen LogP contribution in [0.1, 0.15) is 10.4 Å². The largest absolute Gasteiger partial charge is 0.383 e. The van der Waals surface area contributed by atoms with Gasteiger partial charge in [0.2, 0.25) is 0 Å². The Hall–Kier alpha value is -1.58. The van der Waals surface area contributed by atoms with Crippen LogP contribution in [0.5, 0.6) is 0 Å². The molecule has 2 rings (SSSR count). The number of carbonyl (C=O) groups is 1. The first-order valence-electron chi connectivity index (χ1n) is 4.09. The summed E-state index contributed by atoms with van der Waals surface area (Å²) in [6.07, 6.45) is 0. The first-order valence-corrected chi connectivity index (χ1v) is 4.09. The minimum Gasteiger partial charge on any atom is -0.383 e. The van der Waals surface area contributed by atoms with Gasteiger partial charge in [-0.1, -0.05) is 0 Å². The van der Waals surface area contributed by atoms with E-state index >= 15 is 0 Å². The molecule has 0 fully saturated rings. The van der Waals surface area contributed by atoms with Crippen LogP contribution >= 0.6 is 0 Å². The fourth-order valence-electron chi connectivity index (χ4n) is 1.33. The molecule has 3 nitrogen and oxygen atoms in total. The Kier molecular flexibility index (Phi) is 1.88. The number of hydrogen-bond donors (Lipinski definition) is 2. The molecule has 68 valence electrons. The van der Waals surface area contributed by atoms with Gasteiger partial charge in [-0.15, -0.1) is 0 Å². The van der Waals surface area contributed by atoms with Crippen LogP contribution in [0, 0.1) is 5.82 Å². The van der Waals surface area contributed by atoms with Crippen molar-refractivity contribution in [2.75, 3.05) is 18.4 Å². The third kappa shape index (κ3) is 1.47. The number of halogens is 1. The van der Waals surface area contributed by atoms with Gasteiger partial charge in [0.15, 0.2) is 0 Å². The maximum atomic E-state index is 12.8. The summed E-state index contributed by atoms with van der Waals surface area (Å²) in [6.45, 7) is 1.24. The van der Waals surface area contributed by atoms with Gasteiger partial charge >= 0.3 is 0 Å². The number of rotatable bonds is 0. The van der Waals surface area contributed by atoms with Crippen LogP contribution in [0.15, 0.2) is 18.2 Å². The monoisotopic (exact) mass is 180 g/mol. The predicted octanol–water partition coefficient (Wildman–Crippen LogP) is 0.981. The standard InChI is InChI=1S/C9H9FN2O/c10-6-1-2-8-7(5-6)9(13)12-4-3-11-8/h1-2,5,11H,3-4H2,(H,12,13). The lowest BCUT2D eigenvalue weighted by Gasteiger charge is -2.04. The average Bonchev–Trinajstić information content (AvgIpc) is 2.29. The molecule has 0 bridgehead atoms. The zero-order chi connectivity index (χ0) is 9.26. The van der Waals surface area contributed by atoms with E-state index in [-0.39, 0.29) is 5.91 Å². The summed E-state index contributed by atoms with van der Waals surface area (Å²) in [4.78, 5) is 11.3. The molecule has 4 heteroatoms. The molecular formula is C9H9FN2O. The van der Waals surface area contributed by atoms with E-state index in [9.17, 15) is 9.18 Å². The van der Waals surface area contributed by atoms with E-state index in [1.165, 1.54) is 12.1 Å². The molecule has 0 aliphatic carbocycles. The van der Waals surface area contributed by atoms with Crippen molar-refractivity contribution in [3.8, 4) is 0 Å². The molecule has 0 saturated heterocycles. The first kappa shape index (κ1) is 8.04. The van der Waals surface area contributed by atoms with Crippen molar-refractivity contribution >= 4 is 11.6 Å². The van der Waals surface area contributed by atoms with Crippen LogP contribution in [-0.4, -0.2) is 19.0 Å². The number of nitrogens with one attached hydrogen (secondary N) is 2. The lowest BCUT2D eigenvalue weighted by Crippen LogP contribution is -2.24. The number of amides is 1. The third-order valence-electron chi connectivity index (χ3n) is 1.95. The van der Waals surface area contributed by atoms with Crippen LogP contribution in [0.4, 0.5) is 10.1 Å². The number of benzene rings is 1. The van der Waals surface area contributed by atoms with Crippen molar-refractivity contribution in [1.29, 1.82) is 0 Å². The number of anilines is 1. The molecule has 2 N–H and O–H groups in total. The fourth-order valence-corrected chi connectivity index (χ4v) is 1.33. The Bertz CT molecular complexity index is 351. The van der Waals surface area contributed by atoms with Crippen molar-refractivity contribution in [1.82, 2.24) is 5.32 Å². The molecule has 0 aromatic heterocycles. The van der Waals surface area contributed by atoms with Gasteiger partial charge in [-0.3, -0.25) is 4.79 Å². The van der Waals surface area contributed by atoms with Crippen molar-refractivity contribution in [2.45, 2.75) is 0 Å². The topological polar surface area (TPSA) is 41.1 Å². The first-order chi connectivity index (χ1) is 6.27. The summed E-state index contributed by atoms with van der Waals surface area (Å²) >= 11 is 0. The van der Waals surface area contributed by atoms with Crippen LogP contribution < -0.4 is 10.6 Å². The van der Waals surface area contributed by atoms with Gasteiger partial charge in [0, 0.05) is 18.8 Å². The number of carbonyl (C=O) groups excluding carboxylic acids is 1. The summed E-state index contributed by atoms with van der Waals surface area (Å²) in [7, 11) is 0. The Morgan fingerprint density at radius 2 is 2.00 bits per heavy atom. The molecule has 1 amide bonds. The Morgan fingerprint density at radius 1 is 1.23 bits per heavy atom. The van der Waals surface area contributed by atoms with Crippen molar-refractivity contribution < 1.29 is 9.18 Å². The molecule has 1 aromatic rings. The summed E-state index contributed by atoms with van der Waals surface area (Å²) in [5.74, 6) is -0.614. The van der Waals surface area contributed by atoms with Gasteiger partial charge in [-0.25, -0.2) is 4.39 Å². The lowest BCUT2D eigenvalue weighted by atomic mass is 10.1. The second-order valence-electron chi connectivity index (χ2n) is 2.87. The third-order valence-corrected chi connectivity index (χ3v) is 1.95. The molecule has 1 aliphatic rings. The SMILES string of the molecule is O=C1NCCNc2ccc(F)cc21. The van der Waals surface area contributed by atoms with Crippen LogP contribution in [0.25, 0.3) is 0 Å². The maximum absolute atomic E-state index is 12.8. The lowest BCUT2D eigenvalue weighted by molar-refractivity contribution is 0.0957. The van der Waals surface area contributed by atoms with Crippen LogP contribution in [0.3, 0.4) is 0 Å². The minimum atomic E-state index is -0.391. The molecule has 0 saturated carbocycles. The fraction of sp³-hybridized carbons (Fsp3) is 0.222. The van der Waals surface area contributed by atoms with E-state index in [1.54, 1.807) is 6.07 Å². The van der Waals surface area contributed by atoms with Crippen molar-refractivity contribution in [3.05, 3.63) is 29.6 Å². The molecule has 1 aromatic carbocycles. The normalized spacial score (nSPS) is 15.3. The molecule has 1 aliphatic heterocycles. The molecule has 0 unspecified atom stereocenters. The molecular weight excluding hydrogens is 171 g/mol. The Labute approximate surface area is 74.9 Å². The van der Waals surface area contributed by atoms with Gasteiger partial charge in [0.1, 0.15) is 5.82 Å². The van der Waals surface area contributed by atoms with Gasteiger partial charge < -0.3 is 10.6 Å². The van der Waals surface area contributed by atoms with E-state index in [1.807, 2.05) is 0 Å². The maximum Gasteiger partial charge on any atom is 0.253 e. The summed E-state index contributed by atoms with van der Waals surface area (Å²) in [5.41, 5.74) is 1.06. The van der Waals surface area contributed by atoms with Crippen LogP contribution in [0.2, 0.25) is 0 Å². The second kappa shape index (κ2) is 3.05. The zero-order valence-corrected chi connectivity index (χ0v) is 6.93. The Balaban J connectivity index is 2.49. The summed E-state index contributed by atoms with van der Waals surface area (Å²) < 4.78 is 12.8. The molecule has 0 atom stereocenters. The van der Waals surface area contributed by atoms with E-state index in [0.717, 1.165) is 0 Å². The van der Waals surface area contributed by atoms with Crippen LogP contribution in [-0.2, 0) is 0 Å². The zero-order valence-electron chi connectivity index (χ0n) is 6.93. The van der Waals surface area contributed by atoms with E-state index in [4.69, 9.17) is 0 Å². The highest BCUT2D eigenvalue weighted by atomic mass is 19.1. The van der Waals surface area contributed by atoms with Crippen molar-refractivity contribution in [3.63, 3.8) is 0 Å². The quantitative estimate of drug-likeness (QED) is 0.625. The van der Waals surface area contributed by atoms with E-state index in [2.05, 4.69) is 10.6 Å². The number of hydrogen-bond acceptors (Lipinski definition) is 2. The molecule has 0 radical (unpaired) electrons. The van der Waals surface area contributed by atoms with Gasteiger partial charge in [0.05, 0.1) is 5.56 Å².